The van der Waals surface area contributed by atoms with Crippen LogP contribution in [-0.2, 0) is 9.53 Å². The van der Waals surface area contributed by atoms with Crippen LogP contribution in [-0.4, -0.2) is 17.7 Å². The average molecular weight is 319 g/mol. The number of rotatable bonds is 3. The predicted molar refractivity (Wildman–Crippen MR) is 70.0 cm³/mol. The molecule has 0 aliphatic carbocycles. The third kappa shape index (κ3) is 5.04. The van der Waals surface area contributed by atoms with E-state index in [0.29, 0.717) is 4.47 Å². The normalized spacial score (nSPS) is 13.0. The minimum Gasteiger partial charge on any atom is -0.479 e. The second-order valence-corrected chi connectivity index (χ2v) is 5.81. The molecule has 5 heteroatoms. The molecule has 1 unspecified atom stereocenters. The van der Waals surface area contributed by atoms with Crippen LogP contribution in [0.3, 0.4) is 0 Å². The Morgan fingerprint density at radius 3 is 2.44 bits per heavy atom. The highest BCUT2D eigenvalue weighted by molar-refractivity contribution is 9.10. The van der Waals surface area contributed by atoms with Gasteiger partial charge in [0.05, 0.1) is 0 Å². The van der Waals surface area contributed by atoms with Crippen molar-refractivity contribution >= 4 is 21.9 Å². The van der Waals surface area contributed by atoms with E-state index >= 15 is 0 Å². The summed E-state index contributed by atoms with van der Waals surface area (Å²) >= 11 is 3.15. The SMILES string of the molecule is CC(Oc1cc(F)cc(Br)c1)C(=O)OC(C)(C)C. The van der Waals surface area contributed by atoms with Crippen molar-refractivity contribution in [2.45, 2.75) is 39.4 Å². The van der Waals surface area contributed by atoms with E-state index in [0.717, 1.165) is 0 Å². The highest BCUT2D eigenvalue weighted by Crippen LogP contribution is 2.22. The third-order valence-electron chi connectivity index (χ3n) is 1.89. The van der Waals surface area contributed by atoms with Crippen molar-refractivity contribution in [3.8, 4) is 5.75 Å². The van der Waals surface area contributed by atoms with Crippen molar-refractivity contribution in [1.82, 2.24) is 0 Å². The Morgan fingerprint density at radius 1 is 1.33 bits per heavy atom. The van der Waals surface area contributed by atoms with Gasteiger partial charge in [-0.1, -0.05) is 15.9 Å². The highest BCUT2D eigenvalue weighted by Gasteiger charge is 2.23. The van der Waals surface area contributed by atoms with E-state index in [1.165, 1.54) is 12.1 Å². The lowest BCUT2D eigenvalue weighted by molar-refractivity contribution is -0.162. The zero-order valence-electron chi connectivity index (χ0n) is 10.8. The summed E-state index contributed by atoms with van der Waals surface area (Å²) in [6, 6.07) is 4.11. The molecule has 0 radical (unpaired) electrons. The van der Waals surface area contributed by atoms with Gasteiger partial charge < -0.3 is 9.47 Å². The van der Waals surface area contributed by atoms with Gasteiger partial charge in [-0.15, -0.1) is 0 Å². The van der Waals surface area contributed by atoms with Gasteiger partial charge in [0.1, 0.15) is 17.2 Å². The topological polar surface area (TPSA) is 35.5 Å². The number of hydrogen-bond acceptors (Lipinski definition) is 3. The lowest BCUT2D eigenvalue weighted by atomic mass is 10.2. The number of esters is 1. The first-order chi connectivity index (χ1) is 8.17. The number of carbonyl (C=O) groups is 1. The summed E-state index contributed by atoms with van der Waals surface area (Å²) in [5.41, 5.74) is -0.572. The van der Waals surface area contributed by atoms with Gasteiger partial charge in [-0.2, -0.15) is 0 Å². The van der Waals surface area contributed by atoms with E-state index < -0.39 is 23.5 Å². The Kier molecular flexibility index (Phi) is 4.73. The molecule has 0 aliphatic heterocycles. The van der Waals surface area contributed by atoms with Gasteiger partial charge in [-0.05, 0) is 39.8 Å². The molecule has 18 heavy (non-hydrogen) atoms. The summed E-state index contributed by atoms with van der Waals surface area (Å²) < 4.78 is 24.2. The molecule has 100 valence electrons. The number of halogens is 2. The van der Waals surface area contributed by atoms with E-state index in [-0.39, 0.29) is 5.75 Å². The van der Waals surface area contributed by atoms with Gasteiger partial charge in [0.15, 0.2) is 6.10 Å². The fourth-order valence-corrected chi connectivity index (χ4v) is 1.68. The molecule has 0 bridgehead atoms. The van der Waals surface area contributed by atoms with E-state index in [1.807, 2.05) is 0 Å². The van der Waals surface area contributed by atoms with E-state index in [9.17, 15) is 9.18 Å². The molecule has 0 heterocycles. The summed E-state index contributed by atoms with van der Waals surface area (Å²) in [5.74, 6) is -0.640. The van der Waals surface area contributed by atoms with Gasteiger partial charge in [0.2, 0.25) is 0 Å². The molecule has 0 amide bonds. The zero-order chi connectivity index (χ0) is 13.9. The Labute approximate surface area is 114 Å². The third-order valence-corrected chi connectivity index (χ3v) is 2.35. The van der Waals surface area contributed by atoms with Crippen LogP contribution in [0.5, 0.6) is 5.75 Å². The smallest absolute Gasteiger partial charge is 0.347 e. The van der Waals surface area contributed by atoms with Gasteiger partial charge in [-0.3, -0.25) is 0 Å². The molecular formula is C13H16BrFO3. The molecule has 1 rings (SSSR count). The molecule has 0 N–H and O–H groups in total. The lowest BCUT2D eigenvalue weighted by Crippen LogP contribution is -2.33. The van der Waals surface area contributed by atoms with Crippen molar-refractivity contribution in [1.29, 1.82) is 0 Å². The predicted octanol–water partition coefficient (Wildman–Crippen LogP) is 3.70. The van der Waals surface area contributed by atoms with Gasteiger partial charge in [0.25, 0.3) is 0 Å². The van der Waals surface area contributed by atoms with Gasteiger partial charge >= 0.3 is 5.97 Å². The Bertz CT molecular complexity index is 420. The standard InChI is InChI=1S/C13H16BrFO3/c1-8(12(16)18-13(2,3)4)17-11-6-9(14)5-10(15)7-11/h5-8H,1-4H3. The molecule has 1 aromatic carbocycles. The van der Waals surface area contributed by atoms with E-state index in [2.05, 4.69) is 15.9 Å². The van der Waals surface area contributed by atoms with Crippen molar-refractivity contribution in [2.75, 3.05) is 0 Å². The quantitative estimate of drug-likeness (QED) is 0.797. The van der Waals surface area contributed by atoms with Crippen molar-refractivity contribution < 1.29 is 18.7 Å². The van der Waals surface area contributed by atoms with Crippen LogP contribution in [0.1, 0.15) is 27.7 Å². The second kappa shape index (κ2) is 5.69. The maximum atomic E-state index is 13.1. The summed E-state index contributed by atoms with van der Waals surface area (Å²) in [7, 11) is 0. The lowest BCUT2D eigenvalue weighted by Gasteiger charge is -2.22. The Hall–Kier alpha value is -1.10. The molecule has 0 saturated heterocycles. The van der Waals surface area contributed by atoms with Crippen LogP contribution in [0, 0.1) is 5.82 Å². The van der Waals surface area contributed by atoms with Crippen molar-refractivity contribution in [2.24, 2.45) is 0 Å². The van der Waals surface area contributed by atoms with Crippen LogP contribution in [0.15, 0.2) is 22.7 Å². The Morgan fingerprint density at radius 2 is 1.94 bits per heavy atom. The van der Waals surface area contributed by atoms with Gasteiger partial charge in [0, 0.05) is 10.5 Å². The molecular weight excluding hydrogens is 303 g/mol. The molecule has 0 saturated carbocycles. The van der Waals surface area contributed by atoms with E-state index in [1.54, 1.807) is 33.8 Å². The number of carbonyl (C=O) groups excluding carboxylic acids is 1. The molecule has 0 fully saturated rings. The van der Waals surface area contributed by atoms with E-state index in [4.69, 9.17) is 9.47 Å². The van der Waals surface area contributed by atoms with Crippen molar-refractivity contribution in [3.05, 3.63) is 28.5 Å². The average Bonchev–Trinajstić information content (AvgIpc) is 2.12. The molecule has 0 spiro atoms. The number of ether oxygens (including phenoxy) is 2. The van der Waals surface area contributed by atoms with Crippen LogP contribution in [0.4, 0.5) is 4.39 Å². The Balaban J connectivity index is 2.69. The first-order valence-electron chi connectivity index (χ1n) is 5.53. The molecule has 1 atom stereocenters. The van der Waals surface area contributed by atoms with Crippen LogP contribution in [0.25, 0.3) is 0 Å². The first-order valence-corrected chi connectivity index (χ1v) is 6.32. The zero-order valence-corrected chi connectivity index (χ0v) is 12.4. The van der Waals surface area contributed by atoms with Crippen molar-refractivity contribution in [3.63, 3.8) is 0 Å². The number of hydrogen-bond donors (Lipinski definition) is 0. The minimum absolute atomic E-state index is 0.278. The maximum Gasteiger partial charge on any atom is 0.347 e. The summed E-state index contributed by atoms with van der Waals surface area (Å²) in [4.78, 5) is 11.7. The molecule has 0 aliphatic rings. The molecule has 1 aromatic rings. The number of benzene rings is 1. The van der Waals surface area contributed by atoms with Crippen LogP contribution >= 0.6 is 15.9 Å². The fourth-order valence-electron chi connectivity index (χ4n) is 1.23. The van der Waals surface area contributed by atoms with Gasteiger partial charge in [-0.25, -0.2) is 9.18 Å². The molecule has 3 nitrogen and oxygen atoms in total. The van der Waals surface area contributed by atoms with Crippen LogP contribution in [0.2, 0.25) is 0 Å². The monoisotopic (exact) mass is 318 g/mol. The summed E-state index contributed by atoms with van der Waals surface area (Å²) in [6.07, 6.45) is -0.794. The molecule has 0 aromatic heterocycles. The summed E-state index contributed by atoms with van der Waals surface area (Å²) in [5, 5.41) is 0. The maximum absolute atomic E-state index is 13.1. The second-order valence-electron chi connectivity index (χ2n) is 4.90. The first kappa shape index (κ1) is 15.0. The summed E-state index contributed by atoms with van der Waals surface area (Å²) in [6.45, 7) is 6.88. The minimum atomic E-state index is -0.794. The van der Waals surface area contributed by atoms with Crippen LogP contribution < -0.4 is 4.74 Å². The highest BCUT2D eigenvalue weighted by atomic mass is 79.9. The largest absolute Gasteiger partial charge is 0.479 e. The fraction of sp³-hybridized carbons (Fsp3) is 0.462.